The Morgan fingerprint density at radius 1 is 0.738 bits per heavy atom. The smallest absolute Gasteiger partial charge is 0.255 e. The summed E-state index contributed by atoms with van der Waals surface area (Å²) in [6.45, 7) is -0.644. The average Bonchev–Trinajstić information content (AvgIpc) is 4.03. The molecule has 0 aliphatic carbocycles. The van der Waals surface area contributed by atoms with Crippen molar-refractivity contribution in [2.24, 2.45) is 5.73 Å². The van der Waals surface area contributed by atoms with Crippen LogP contribution >= 0.6 is 46.4 Å². The molecule has 6 atom stereocenters. The zero-order valence-corrected chi connectivity index (χ0v) is 35.3. The number of fused-ring (bicyclic) bond motifs is 2. The number of para-hydroxylation sites is 1. The number of benzene rings is 4. The second-order valence-electron chi connectivity index (χ2n) is 15.3. The number of rotatable bonds is 12. The van der Waals surface area contributed by atoms with Crippen molar-refractivity contribution in [2.45, 2.75) is 61.6 Å². The summed E-state index contributed by atoms with van der Waals surface area (Å²) in [5, 5.41) is 0.791. The zero-order chi connectivity index (χ0) is 43.2. The Bertz CT molecular complexity index is 2420. The van der Waals surface area contributed by atoms with Gasteiger partial charge in [-0.25, -0.2) is 0 Å². The highest BCUT2D eigenvalue weighted by molar-refractivity contribution is 6.42. The molecule has 0 spiro atoms. The molecule has 4 saturated heterocycles. The third-order valence-electron chi connectivity index (χ3n) is 11.8. The number of nitrogens with two attached hydrogens (primary N) is 1. The number of ether oxygens (including phenoxy) is 3. The van der Waals surface area contributed by atoms with Gasteiger partial charge >= 0.3 is 0 Å². The molecule has 4 aliphatic heterocycles. The standard InChI is InChI=1S/C44H38Cl4N4O9/c45-29-12-6-24(18-31(29)47)20-33(41(56)50-16-14-36-39(50)35(53)22-59-36)52(40(55)26-8-10-28(11-9-26)61-27-4-2-1-3-5-27)34(21-25-7-13-30(46)32(48)19-25)42(57)51-17-15-38-44(51,43(49)58)37(54)23-60-38/h1-13,18-19,33-34,36,38-39H,14-17,20-23H2,(H2,49,58). The number of carbonyl (C=O) groups excluding carboxylic acids is 6. The first-order valence-electron chi connectivity index (χ1n) is 19.5. The molecule has 0 bridgehead atoms. The van der Waals surface area contributed by atoms with E-state index in [1.54, 1.807) is 48.5 Å². The highest BCUT2D eigenvalue weighted by atomic mass is 35.5. The van der Waals surface area contributed by atoms with Crippen molar-refractivity contribution in [2.75, 3.05) is 26.3 Å². The maximum Gasteiger partial charge on any atom is 0.255 e. The first-order chi connectivity index (χ1) is 29.3. The van der Waals surface area contributed by atoms with Crippen LogP contribution in [0.1, 0.15) is 34.3 Å². The van der Waals surface area contributed by atoms with Gasteiger partial charge < -0.3 is 34.6 Å². The normalized spacial score (nSPS) is 22.8. The van der Waals surface area contributed by atoms with Crippen LogP contribution in [0.25, 0.3) is 0 Å². The molecule has 4 aliphatic rings. The number of hydrogen-bond donors (Lipinski definition) is 1. The summed E-state index contributed by atoms with van der Waals surface area (Å²) in [6, 6.07) is 20.5. The molecule has 13 nitrogen and oxygen atoms in total. The van der Waals surface area contributed by atoms with Crippen LogP contribution in [0.3, 0.4) is 0 Å². The Labute approximate surface area is 370 Å². The van der Waals surface area contributed by atoms with Gasteiger partial charge in [-0.15, -0.1) is 0 Å². The molecule has 0 aromatic heterocycles. The van der Waals surface area contributed by atoms with Crippen molar-refractivity contribution in [3.8, 4) is 11.5 Å². The van der Waals surface area contributed by atoms with Gasteiger partial charge in [-0.2, -0.15) is 0 Å². The molecular weight excluding hydrogens is 870 g/mol. The van der Waals surface area contributed by atoms with Crippen LogP contribution < -0.4 is 10.5 Å². The Morgan fingerprint density at radius 2 is 1.34 bits per heavy atom. The maximum atomic E-state index is 15.6. The summed E-state index contributed by atoms with van der Waals surface area (Å²) < 4.78 is 17.4. The maximum absolute atomic E-state index is 15.6. The molecule has 0 saturated carbocycles. The van der Waals surface area contributed by atoms with Crippen molar-refractivity contribution in [1.29, 1.82) is 0 Å². The minimum atomic E-state index is -2.17. The van der Waals surface area contributed by atoms with Gasteiger partial charge in [0.25, 0.3) is 11.8 Å². The summed E-state index contributed by atoms with van der Waals surface area (Å²) in [4.78, 5) is 90.4. The third-order valence-corrected chi connectivity index (χ3v) is 13.2. The van der Waals surface area contributed by atoms with Crippen molar-refractivity contribution >= 4 is 81.6 Å². The number of primary amides is 1. The van der Waals surface area contributed by atoms with E-state index in [0.29, 0.717) is 29.0 Å². The number of amides is 4. The van der Waals surface area contributed by atoms with E-state index in [4.69, 9.17) is 66.3 Å². The monoisotopic (exact) mass is 906 g/mol. The first kappa shape index (κ1) is 42.7. The van der Waals surface area contributed by atoms with Crippen LogP contribution in [0, 0.1) is 0 Å². The zero-order valence-electron chi connectivity index (χ0n) is 32.3. The third kappa shape index (κ3) is 7.99. The van der Waals surface area contributed by atoms with Gasteiger partial charge in [-0.1, -0.05) is 76.7 Å². The minimum Gasteiger partial charge on any atom is -0.457 e. The molecule has 61 heavy (non-hydrogen) atoms. The number of likely N-dealkylation sites (tertiary alicyclic amines) is 2. The SMILES string of the molecule is NC(=O)C12C(=O)COC1CCN2C(=O)C(Cc1ccc(Cl)c(Cl)c1)N(C(=O)c1ccc(Oc2ccccc2)cc1)C(Cc1ccc(Cl)c(Cl)c1)C(=O)N1CCC2OCC(=O)C21. The molecule has 8 rings (SSSR count). The summed E-state index contributed by atoms with van der Waals surface area (Å²) >= 11 is 25.6. The lowest BCUT2D eigenvalue weighted by atomic mass is 9.88. The summed E-state index contributed by atoms with van der Waals surface area (Å²) in [5.41, 5.74) is 4.76. The molecule has 4 amide bonds. The molecule has 4 aromatic carbocycles. The summed E-state index contributed by atoms with van der Waals surface area (Å²) in [7, 11) is 0. The van der Waals surface area contributed by atoms with E-state index in [9.17, 15) is 14.4 Å². The van der Waals surface area contributed by atoms with E-state index in [1.165, 1.54) is 34.1 Å². The van der Waals surface area contributed by atoms with Crippen LogP contribution in [-0.2, 0) is 46.3 Å². The number of ketones is 2. The van der Waals surface area contributed by atoms with E-state index in [0.717, 1.165) is 4.90 Å². The van der Waals surface area contributed by atoms with E-state index >= 15 is 14.4 Å². The largest absolute Gasteiger partial charge is 0.457 e. The molecule has 4 fully saturated rings. The number of halogens is 4. The summed E-state index contributed by atoms with van der Waals surface area (Å²) in [6.07, 6.45) is -1.61. The number of nitrogens with zero attached hydrogens (tertiary/aromatic N) is 3. The lowest BCUT2D eigenvalue weighted by molar-refractivity contribution is -0.154. The Hall–Kier alpha value is -5.02. The first-order valence-corrected chi connectivity index (χ1v) is 21.0. The molecule has 4 aromatic rings. The van der Waals surface area contributed by atoms with E-state index in [1.807, 2.05) is 18.2 Å². The lowest BCUT2D eigenvalue weighted by Gasteiger charge is -2.42. The molecular formula is C44H38Cl4N4O9. The molecule has 0 radical (unpaired) electrons. The number of carbonyl (C=O) groups is 6. The quantitative estimate of drug-likeness (QED) is 0.174. The van der Waals surface area contributed by atoms with Crippen LogP contribution in [-0.4, -0.2) is 112 Å². The fourth-order valence-electron chi connectivity index (χ4n) is 8.88. The van der Waals surface area contributed by atoms with Gasteiger partial charge in [-0.3, -0.25) is 28.8 Å². The second kappa shape index (κ2) is 17.4. The number of hydrogen-bond acceptors (Lipinski definition) is 9. The van der Waals surface area contributed by atoms with E-state index in [-0.39, 0.29) is 70.4 Å². The van der Waals surface area contributed by atoms with Crippen molar-refractivity contribution < 1.29 is 43.0 Å². The topological polar surface area (TPSA) is 166 Å². The van der Waals surface area contributed by atoms with Crippen LogP contribution in [0.2, 0.25) is 20.1 Å². The predicted octanol–water partition coefficient (Wildman–Crippen LogP) is 5.75. The fourth-order valence-corrected chi connectivity index (χ4v) is 9.52. The highest BCUT2D eigenvalue weighted by Crippen LogP contribution is 2.40. The second-order valence-corrected chi connectivity index (χ2v) is 16.9. The van der Waals surface area contributed by atoms with Gasteiger partial charge in [0, 0.05) is 31.5 Å². The van der Waals surface area contributed by atoms with Gasteiger partial charge in [0.15, 0.2) is 11.6 Å². The Morgan fingerprint density at radius 3 is 1.95 bits per heavy atom. The molecule has 6 unspecified atom stereocenters. The molecule has 2 N–H and O–H groups in total. The van der Waals surface area contributed by atoms with E-state index in [2.05, 4.69) is 0 Å². The average molecular weight is 909 g/mol. The van der Waals surface area contributed by atoms with Crippen molar-refractivity contribution in [1.82, 2.24) is 14.7 Å². The summed E-state index contributed by atoms with van der Waals surface area (Å²) in [5.74, 6) is -3.41. The molecule has 17 heteroatoms. The molecule has 316 valence electrons. The van der Waals surface area contributed by atoms with Crippen molar-refractivity contribution in [3.05, 3.63) is 128 Å². The highest BCUT2D eigenvalue weighted by Gasteiger charge is 2.65. The Kier molecular flexibility index (Phi) is 12.2. The van der Waals surface area contributed by atoms with Crippen molar-refractivity contribution in [3.63, 3.8) is 0 Å². The van der Waals surface area contributed by atoms with E-state index < -0.39 is 71.9 Å². The van der Waals surface area contributed by atoms with Gasteiger partial charge in [-0.05, 0) is 84.6 Å². The fraction of sp³-hybridized carbons (Fsp3) is 0.318. The minimum absolute atomic E-state index is 0.0584. The van der Waals surface area contributed by atoms with Gasteiger partial charge in [0.1, 0.15) is 42.8 Å². The van der Waals surface area contributed by atoms with Crippen LogP contribution in [0.4, 0.5) is 0 Å². The Balaban J connectivity index is 1.30. The molecule has 4 heterocycles. The predicted molar refractivity (Wildman–Crippen MR) is 225 cm³/mol. The van der Waals surface area contributed by atoms with Gasteiger partial charge in [0.2, 0.25) is 17.4 Å². The van der Waals surface area contributed by atoms with Crippen LogP contribution in [0.5, 0.6) is 11.5 Å². The van der Waals surface area contributed by atoms with Crippen LogP contribution in [0.15, 0.2) is 91.0 Å². The van der Waals surface area contributed by atoms with Gasteiger partial charge in [0.05, 0.1) is 32.3 Å². The lowest BCUT2D eigenvalue weighted by Crippen LogP contribution is -2.68. The number of Topliss-reactive ketones (excluding diaryl/α,β-unsaturated/α-hetero) is 2.